The van der Waals surface area contributed by atoms with E-state index in [1.54, 1.807) is 12.1 Å². The second kappa shape index (κ2) is 7.16. The highest BCUT2D eigenvalue weighted by Crippen LogP contribution is 2.23. The Labute approximate surface area is 146 Å². The predicted octanol–water partition coefficient (Wildman–Crippen LogP) is 3.26. The van der Waals surface area contributed by atoms with Gasteiger partial charge in [-0.2, -0.15) is 4.68 Å². The highest BCUT2D eigenvalue weighted by atomic mass is 79.9. The van der Waals surface area contributed by atoms with Crippen molar-refractivity contribution in [3.8, 4) is 0 Å². The molecule has 2 aromatic heterocycles. The number of nitrogens with zero attached hydrogens (tertiary/aromatic N) is 3. The summed E-state index contributed by atoms with van der Waals surface area (Å²) in [4.78, 5) is 22.4. The van der Waals surface area contributed by atoms with Crippen LogP contribution in [0, 0.1) is 10.1 Å². The van der Waals surface area contributed by atoms with Gasteiger partial charge in [-0.15, -0.1) is 0 Å². The van der Waals surface area contributed by atoms with Crippen molar-refractivity contribution in [3.05, 3.63) is 44.4 Å². The number of rotatable bonds is 5. The van der Waals surface area contributed by atoms with Crippen LogP contribution in [0.3, 0.4) is 0 Å². The van der Waals surface area contributed by atoms with E-state index < -0.39 is 4.92 Å². The first-order valence-corrected chi connectivity index (χ1v) is 8.59. The van der Waals surface area contributed by atoms with Crippen LogP contribution in [0.2, 0.25) is 0 Å². The lowest BCUT2D eigenvalue weighted by atomic mass is 9.95. The molecule has 1 aliphatic rings. The number of carbonyl (C=O) groups is 1. The minimum Gasteiger partial charge on any atom is -0.454 e. The fraction of sp³-hybridized carbons (Fsp3) is 0.467. The number of aromatic nitrogens is 2. The van der Waals surface area contributed by atoms with Gasteiger partial charge in [0.2, 0.25) is 0 Å². The summed E-state index contributed by atoms with van der Waals surface area (Å²) in [5.74, 6) is 0.280. The third-order valence-electron chi connectivity index (χ3n) is 4.02. The number of hydrogen-bond acceptors (Lipinski definition) is 5. The smallest absolute Gasteiger partial charge is 0.404 e. The summed E-state index contributed by atoms with van der Waals surface area (Å²) in [5.41, 5.74) is 0. The summed E-state index contributed by atoms with van der Waals surface area (Å²) < 4.78 is 7.24. The lowest BCUT2D eigenvalue weighted by molar-refractivity contribution is -0.390. The van der Waals surface area contributed by atoms with Gasteiger partial charge in [0.05, 0.1) is 11.3 Å². The maximum absolute atomic E-state index is 12.2. The summed E-state index contributed by atoms with van der Waals surface area (Å²) in [6.45, 7) is 0.211. The molecular weight excluding hydrogens is 380 g/mol. The maximum Gasteiger partial charge on any atom is 0.404 e. The number of nitrogens with one attached hydrogen (secondary N) is 1. The van der Waals surface area contributed by atoms with Gasteiger partial charge in [0.25, 0.3) is 5.91 Å². The van der Waals surface area contributed by atoms with E-state index in [1.165, 1.54) is 17.3 Å². The molecule has 128 valence electrons. The van der Waals surface area contributed by atoms with Crippen LogP contribution in [0.4, 0.5) is 5.82 Å². The van der Waals surface area contributed by atoms with Crippen LogP contribution in [-0.2, 0) is 6.54 Å². The van der Waals surface area contributed by atoms with Gasteiger partial charge in [0, 0.05) is 6.04 Å². The number of amides is 1. The summed E-state index contributed by atoms with van der Waals surface area (Å²) >= 11 is 3.10. The minimum atomic E-state index is -0.564. The Morgan fingerprint density at radius 3 is 2.83 bits per heavy atom. The molecule has 8 nitrogen and oxygen atoms in total. The molecule has 9 heteroatoms. The van der Waals surface area contributed by atoms with Crippen molar-refractivity contribution >= 4 is 27.7 Å². The van der Waals surface area contributed by atoms with E-state index >= 15 is 0 Å². The number of hydrogen-bond donors (Lipinski definition) is 1. The first kappa shape index (κ1) is 16.7. The van der Waals surface area contributed by atoms with Crippen LogP contribution in [-0.4, -0.2) is 26.7 Å². The lowest BCUT2D eigenvalue weighted by Gasteiger charge is -2.22. The number of furan rings is 1. The van der Waals surface area contributed by atoms with E-state index in [-0.39, 0.29) is 30.1 Å². The molecule has 1 amide bonds. The van der Waals surface area contributed by atoms with E-state index in [0.717, 1.165) is 25.7 Å². The van der Waals surface area contributed by atoms with Crippen molar-refractivity contribution in [1.29, 1.82) is 0 Å². The standard InChI is InChI=1S/C15H17BrN4O4/c16-12-9-19(18-14(12)20(22)23)8-11-6-7-13(24-11)15(21)17-10-4-2-1-3-5-10/h6-7,9-10H,1-5,8H2,(H,17,21). The van der Waals surface area contributed by atoms with Crippen molar-refractivity contribution in [3.63, 3.8) is 0 Å². The average molecular weight is 397 g/mol. The van der Waals surface area contributed by atoms with E-state index in [0.29, 0.717) is 10.2 Å². The highest BCUT2D eigenvalue weighted by Gasteiger charge is 2.21. The molecule has 2 heterocycles. The maximum atomic E-state index is 12.2. The fourth-order valence-electron chi connectivity index (χ4n) is 2.84. The quantitative estimate of drug-likeness (QED) is 0.616. The Morgan fingerprint density at radius 1 is 1.42 bits per heavy atom. The molecule has 0 bridgehead atoms. The van der Waals surface area contributed by atoms with Gasteiger partial charge in [-0.1, -0.05) is 19.3 Å². The van der Waals surface area contributed by atoms with E-state index in [4.69, 9.17) is 4.42 Å². The molecule has 3 rings (SSSR count). The van der Waals surface area contributed by atoms with Crippen molar-refractivity contribution in [1.82, 2.24) is 15.1 Å². The monoisotopic (exact) mass is 396 g/mol. The zero-order valence-electron chi connectivity index (χ0n) is 12.9. The third kappa shape index (κ3) is 3.84. The molecule has 0 radical (unpaired) electrons. The third-order valence-corrected chi connectivity index (χ3v) is 4.58. The van der Waals surface area contributed by atoms with Crippen LogP contribution in [0.15, 0.2) is 27.2 Å². The SMILES string of the molecule is O=C(NC1CCCCC1)c1ccc(Cn2cc(Br)c([N+](=O)[O-])n2)o1. The number of nitro groups is 1. The zero-order chi connectivity index (χ0) is 17.1. The van der Waals surface area contributed by atoms with Gasteiger partial charge in [-0.05, 0) is 45.8 Å². The topological polar surface area (TPSA) is 103 Å². The molecule has 1 fully saturated rings. The molecule has 2 aromatic rings. The van der Waals surface area contributed by atoms with Gasteiger partial charge in [-0.25, -0.2) is 0 Å². The van der Waals surface area contributed by atoms with E-state index in [1.807, 2.05) is 0 Å². The van der Waals surface area contributed by atoms with E-state index in [9.17, 15) is 14.9 Å². The second-order valence-electron chi connectivity index (χ2n) is 5.83. The molecule has 0 spiro atoms. The Morgan fingerprint density at radius 2 is 2.17 bits per heavy atom. The lowest BCUT2D eigenvalue weighted by Crippen LogP contribution is -2.35. The Bertz CT molecular complexity index is 748. The molecule has 1 aliphatic carbocycles. The summed E-state index contributed by atoms with van der Waals surface area (Å²) in [6.07, 6.45) is 7.02. The van der Waals surface area contributed by atoms with Crippen molar-refractivity contribution < 1.29 is 14.1 Å². The molecule has 0 aromatic carbocycles. The van der Waals surface area contributed by atoms with Gasteiger partial charge in [-0.3, -0.25) is 4.79 Å². The van der Waals surface area contributed by atoms with Crippen molar-refractivity contribution in [2.75, 3.05) is 0 Å². The zero-order valence-corrected chi connectivity index (χ0v) is 14.5. The Balaban J connectivity index is 1.63. The minimum absolute atomic E-state index is 0.211. The second-order valence-corrected chi connectivity index (χ2v) is 6.68. The van der Waals surface area contributed by atoms with Gasteiger partial charge in [0.1, 0.15) is 16.8 Å². The number of halogens is 1. The summed E-state index contributed by atoms with van der Waals surface area (Å²) in [7, 11) is 0. The van der Waals surface area contributed by atoms with Crippen LogP contribution in [0.25, 0.3) is 0 Å². The van der Waals surface area contributed by atoms with Crippen LogP contribution in [0.1, 0.15) is 48.4 Å². The molecule has 1 N–H and O–H groups in total. The number of carbonyl (C=O) groups excluding carboxylic acids is 1. The Kier molecular flexibility index (Phi) is 4.98. The van der Waals surface area contributed by atoms with E-state index in [2.05, 4.69) is 26.3 Å². The molecule has 1 saturated carbocycles. The molecule has 24 heavy (non-hydrogen) atoms. The predicted molar refractivity (Wildman–Crippen MR) is 88.7 cm³/mol. The summed E-state index contributed by atoms with van der Waals surface area (Å²) in [6, 6.07) is 3.50. The first-order chi connectivity index (χ1) is 11.5. The fourth-order valence-corrected chi connectivity index (χ4v) is 3.30. The van der Waals surface area contributed by atoms with Gasteiger partial charge < -0.3 is 19.8 Å². The van der Waals surface area contributed by atoms with Crippen LogP contribution < -0.4 is 5.32 Å². The highest BCUT2D eigenvalue weighted by molar-refractivity contribution is 9.10. The Hall–Kier alpha value is -2.16. The molecular formula is C15H17BrN4O4. The molecule has 0 atom stereocenters. The van der Waals surface area contributed by atoms with Gasteiger partial charge >= 0.3 is 5.82 Å². The molecule has 0 saturated heterocycles. The average Bonchev–Trinajstić information content (AvgIpc) is 3.15. The molecule has 0 aliphatic heterocycles. The molecule has 0 unspecified atom stereocenters. The summed E-state index contributed by atoms with van der Waals surface area (Å²) in [5, 5.41) is 17.6. The van der Waals surface area contributed by atoms with Crippen LogP contribution in [0.5, 0.6) is 0 Å². The van der Waals surface area contributed by atoms with Crippen molar-refractivity contribution in [2.24, 2.45) is 0 Å². The van der Waals surface area contributed by atoms with Crippen LogP contribution >= 0.6 is 15.9 Å². The first-order valence-electron chi connectivity index (χ1n) is 7.80. The normalized spacial score (nSPS) is 15.4. The van der Waals surface area contributed by atoms with Gasteiger partial charge in [0.15, 0.2) is 5.76 Å². The largest absolute Gasteiger partial charge is 0.454 e. The van der Waals surface area contributed by atoms with Crippen molar-refractivity contribution in [2.45, 2.75) is 44.7 Å².